The molecule has 5 nitrogen and oxygen atoms in total. The Morgan fingerprint density at radius 1 is 1.14 bits per heavy atom. The molecule has 0 radical (unpaired) electrons. The van der Waals surface area contributed by atoms with E-state index in [2.05, 4.69) is 30.6 Å². The lowest BCUT2D eigenvalue weighted by Crippen LogP contribution is -2.40. The Bertz CT molecular complexity index is 948. The fraction of sp³-hybridized carbons (Fsp3) is 0.333. The molecule has 3 aromatic rings. The van der Waals surface area contributed by atoms with Crippen molar-refractivity contribution in [1.29, 1.82) is 0 Å². The van der Waals surface area contributed by atoms with E-state index in [1.807, 2.05) is 65.2 Å². The third-order valence-corrected chi connectivity index (χ3v) is 5.43. The van der Waals surface area contributed by atoms with E-state index in [-0.39, 0.29) is 11.9 Å². The molecule has 1 saturated carbocycles. The number of aromatic nitrogens is 2. The third kappa shape index (κ3) is 4.93. The molecule has 0 unspecified atom stereocenters. The van der Waals surface area contributed by atoms with Gasteiger partial charge in [0.15, 0.2) is 0 Å². The van der Waals surface area contributed by atoms with Crippen LogP contribution in [0, 0.1) is 5.92 Å². The van der Waals surface area contributed by atoms with Gasteiger partial charge < -0.3 is 5.32 Å². The zero-order chi connectivity index (χ0) is 20.2. The summed E-state index contributed by atoms with van der Waals surface area (Å²) in [4.78, 5) is 14.4. The fourth-order valence-corrected chi connectivity index (χ4v) is 3.68. The van der Waals surface area contributed by atoms with Crippen LogP contribution in [0.2, 0.25) is 0 Å². The highest BCUT2D eigenvalue weighted by atomic mass is 16.2. The first-order valence-corrected chi connectivity index (χ1v) is 10.3. The number of nitrogens with one attached hydrogen (secondary N) is 1. The Kier molecular flexibility index (Phi) is 5.76. The van der Waals surface area contributed by atoms with Crippen molar-refractivity contribution in [2.24, 2.45) is 5.92 Å². The Balaban J connectivity index is 1.52. The first-order chi connectivity index (χ1) is 14.1. The average molecular weight is 389 g/mol. The minimum atomic E-state index is 0.0867. The van der Waals surface area contributed by atoms with Gasteiger partial charge in [0.2, 0.25) is 5.91 Å². The largest absolute Gasteiger partial charge is 0.352 e. The van der Waals surface area contributed by atoms with Gasteiger partial charge in [-0.05, 0) is 44.9 Å². The summed E-state index contributed by atoms with van der Waals surface area (Å²) in [5.41, 5.74) is 4.16. The Morgan fingerprint density at radius 2 is 1.79 bits per heavy atom. The number of rotatable bonds is 8. The molecule has 29 heavy (non-hydrogen) atoms. The van der Waals surface area contributed by atoms with Crippen molar-refractivity contribution in [2.45, 2.75) is 32.4 Å². The van der Waals surface area contributed by atoms with E-state index >= 15 is 0 Å². The van der Waals surface area contributed by atoms with Crippen molar-refractivity contribution in [3.05, 3.63) is 72.4 Å². The molecule has 2 aromatic carbocycles. The number of carbonyl (C=O) groups excluding carboxylic acids is 1. The van der Waals surface area contributed by atoms with Crippen LogP contribution in [0.5, 0.6) is 0 Å². The number of likely N-dealkylation sites (N-methyl/N-ethyl adjacent to an activating group) is 1. The Morgan fingerprint density at radius 3 is 2.45 bits per heavy atom. The summed E-state index contributed by atoms with van der Waals surface area (Å²) in [6.45, 7) is 3.14. The van der Waals surface area contributed by atoms with Crippen molar-refractivity contribution in [3.8, 4) is 16.9 Å². The van der Waals surface area contributed by atoms with Gasteiger partial charge in [-0.1, -0.05) is 48.5 Å². The van der Waals surface area contributed by atoms with E-state index in [9.17, 15) is 4.79 Å². The fourth-order valence-electron chi connectivity index (χ4n) is 3.68. The molecule has 1 aromatic heterocycles. The van der Waals surface area contributed by atoms with Crippen LogP contribution in [0.4, 0.5) is 0 Å². The molecule has 0 aliphatic heterocycles. The van der Waals surface area contributed by atoms with Crippen molar-refractivity contribution in [1.82, 2.24) is 20.0 Å². The van der Waals surface area contributed by atoms with Crippen LogP contribution in [-0.4, -0.2) is 40.2 Å². The van der Waals surface area contributed by atoms with Gasteiger partial charge in [0, 0.05) is 29.9 Å². The van der Waals surface area contributed by atoms with Crippen molar-refractivity contribution >= 4 is 5.91 Å². The van der Waals surface area contributed by atoms with Crippen molar-refractivity contribution < 1.29 is 4.79 Å². The quantitative estimate of drug-likeness (QED) is 0.637. The van der Waals surface area contributed by atoms with Gasteiger partial charge in [-0.3, -0.25) is 9.69 Å². The summed E-state index contributed by atoms with van der Waals surface area (Å²) in [5.74, 6) is 0.752. The molecule has 1 N–H and O–H groups in total. The van der Waals surface area contributed by atoms with Gasteiger partial charge in [-0.25, -0.2) is 4.68 Å². The lowest BCUT2D eigenvalue weighted by Gasteiger charge is -2.18. The molecule has 0 spiro atoms. The number of benzene rings is 2. The van der Waals surface area contributed by atoms with Crippen LogP contribution < -0.4 is 5.32 Å². The normalized spacial score (nSPS) is 14.7. The SMILES string of the molecule is C[C@@H](NC(=O)CN(C)Cc1cn(-c2ccccc2)nc1-c1ccccc1)C1CC1. The molecule has 4 rings (SSSR count). The topological polar surface area (TPSA) is 50.2 Å². The van der Waals surface area contributed by atoms with E-state index in [4.69, 9.17) is 5.10 Å². The first kappa shape index (κ1) is 19.4. The second kappa shape index (κ2) is 8.62. The number of para-hydroxylation sites is 1. The standard InChI is InChI=1S/C24H28N4O/c1-18(19-13-14-19)25-23(29)17-27(2)15-21-16-28(22-11-7-4-8-12-22)26-24(21)20-9-5-3-6-10-20/h3-12,16,18-19H,13-15,17H2,1-2H3,(H,25,29)/t18-/m1/s1. The molecular formula is C24H28N4O. The lowest BCUT2D eigenvalue weighted by molar-refractivity contribution is -0.122. The summed E-state index contributed by atoms with van der Waals surface area (Å²) in [5, 5.41) is 7.99. The molecule has 0 saturated heterocycles. The predicted octanol–water partition coefficient (Wildman–Crippen LogP) is 3.89. The summed E-state index contributed by atoms with van der Waals surface area (Å²) in [6, 6.07) is 20.6. The maximum absolute atomic E-state index is 12.4. The first-order valence-electron chi connectivity index (χ1n) is 10.3. The maximum atomic E-state index is 12.4. The molecule has 1 atom stereocenters. The summed E-state index contributed by atoms with van der Waals surface area (Å²) >= 11 is 0. The third-order valence-electron chi connectivity index (χ3n) is 5.43. The molecule has 1 aliphatic carbocycles. The van der Waals surface area contributed by atoms with Gasteiger partial charge >= 0.3 is 0 Å². The monoisotopic (exact) mass is 388 g/mol. The second-order valence-corrected chi connectivity index (χ2v) is 8.01. The lowest BCUT2D eigenvalue weighted by atomic mass is 10.1. The minimum Gasteiger partial charge on any atom is -0.352 e. The molecule has 150 valence electrons. The number of carbonyl (C=O) groups is 1. The van der Waals surface area contributed by atoms with Crippen molar-refractivity contribution in [3.63, 3.8) is 0 Å². The van der Waals surface area contributed by atoms with Gasteiger partial charge in [0.25, 0.3) is 0 Å². The molecular weight excluding hydrogens is 360 g/mol. The van der Waals surface area contributed by atoms with Crippen LogP contribution >= 0.6 is 0 Å². The number of nitrogens with zero attached hydrogens (tertiary/aromatic N) is 3. The van der Waals surface area contributed by atoms with Gasteiger partial charge in [0.05, 0.1) is 17.9 Å². The second-order valence-electron chi connectivity index (χ2n) is 8.01. The van der Waals surface area contributed by atoms with Crippen molar-refractivity contribution in [2.75, 3.05) is 13.6 Å². The zero-order valence-electron chi connectivity index (χ0n) is 17.1. The minimum absolute atomic E-state index is 0.0867. The zero-order valence-corrected chi connectivity index (χ0v) is 17.1. The van der Waals surface area contributed by atoms with E-state index in [1.165, 1.54) is 12.8 Å². The molecule has 5 heteroatoms. The van der Waals surface area contributed by atoms with E-state index < -0.39 is 0 Å². The van der Waals surface area contributed by atoms with E-state index in [1.54, 1.807) is 0 Å². The van der Waals surface area contributed by atoms with Crippen LogP contribution in [-0.2, 0) is 11.3 Å². The highest BCUT2D eigenvalue weighted by Gasteiger charge is 2.29. The molecule has 1 aliphatic rings. The highest BCUT2D eigenvalue weighted by molar-refractivity contribution is 5.78. The van der Waals surface area contributed by atoms with Crippen LogP contribution in [0.15, 0.2) is 66.9 Å². The van der Waals surface area contributed by atoms with Crippen LogP contribution in [0.1, 0.15) is 25.3 Å². The van der Waals surface area contributed by atoms with E-state index in [0.29, 0.717) is 19.0 Å². The van der Waals surface area contributed by atoms with E-state index in [0.717, 1.165) is 22.5 Å². The average Bonchev–Trinajstić information content (AvgIpc) is 3.50. The smallest absolute Gasteiger partial charge is 0.234 e. The molecule has 1 amide bonds. The summed E-state index contributed by atoms with van der Waals surface area (Å²) in [7, 11) is 1.98. The number of hydrogen-bond donors (Lipinski definition) is 1. The van der Waals surface area contributed by atoms with Crippen LogP contribution in [0.25, 0.3) is 16.9 Å². The Hall–Kier alpha value is -2.92. The van der Waals surface area contributed by atoms with Gasteiger partial charge in [-0.2, -0.15) is 5.10 Å². The predicted molar refractivity (Wildman–Crippen MR) is 116 cm³/mol. The number of amides is 1. The molecule has 1 heterocycles. The van der Waals surface area contributed by atoms with Gasteiger partial charge in [0.1, 0.15) is 0 Å². The molecule has 0 bridgehead atoms. The summed E-state index contributed by atoms with van der Waals surface area (Å²) in [6.07, 6.45) is 4.53. The Labute approximate surface area is 172 Å². The van der Waals surface area contributed by atoms with Gasteiger partial charge in [-0.15, -0.1) is 0 Å². The molecule has 1 fully saturated rings. The van der Waals surface area contributed by atoms with Crippen LogP contribution in [0.3, 0.4) is 0 Å². The maximum Gasteiger partial charge on any atom is 0.234 e. The highest BCUT2D eigenvalue weighted by Crippen LogP contribution is 2.32. The summed E-state index contributed by atoms with van der Waals surface area (Å²) < 4.78 is 1.92. The number of hydrogen-bond acceptors (Lipinski definition) is 3.